The molecule has 0 bridgehead atoms. The number of allylic oxidation sites excluding steroid dienone is 7. The number of carbonyl (C=O) groups is 1. The summed E-state index contributed by atoms with van der Waals surface area (Å²) in [6.07, 6.45) is 15.6. The lowest BCUT2D eigenvalue weighted by molar-refractivity contribution is -0.115. The Labute approximate surface area is 132 Å². The van der Waals surface area contributed by atoms with Crippen LogP contribution in [0.5, 0.6) is 0 Å². The molecule has 3 rings (SSSR count). The number of H-pyrrole nitrogens is 1. The molecule has 0 aromatic carbocycles. The van der Waals surface area contributed by atoms with E-state index in [0.29, 0.717) is 15.6 Å². The first-order valence-corrected chi connectivity index (χ1v) is 7.76. The van der Waals surface area contributed by atoms with Gasteiger partial charge in [-0.15, -0.1) is 0 Å². The van der Waals surface area contributed by atoms with Crippen LogP contribution in [0.25, 0.3) is 5.57 Å². The normalized spacial score (nSPS) is 19.8. The van der Waals surface area contributed by atoms with Crippen LogP contribution in [0.2, 0.25) is 0 Å². The highest BCUT2D eigenvalue weighted by Gasteiger charge is 2.21. The van der Waals surface area contributed by atoms with E-state index in [-0.39, 0.29) is 5.91 Å². The average Bonchev–Trinajstić information content (AvgIpc) is 2.93. The van der Waals surface area contributed by atoms with Gasteiger partial charge >= 0.3 is 0 Å². The molecule has 1 amide bonds. The molecule has 0 saturated carbocycles. The van der Waals surface area contributed by atoms with Gasteiger partial charge in [0, 0.05) is 5.56 Å². The first-order chi connectivity index (χ1) is 10.2. The van der Waals surface area contributed by atoms with E-state index < -0.39 is 0 Å². The molecule has 4 nitrogen and oxygen atoms in total. The molecule has 1 aromatic rings. The highest BCUT2D eigenvalue weighted by atomic mass is 32.2. The third kappa shape index (κ3) is 3.22. The van der Waals surface area contributed by atoms with Crippen molar-refractivity contribution in [2.45, 2.75) is 12.8 Å². The number of amides is 1. The zero-order chi connectivity index (χ0) is 14.7. The van der Waals surface area contributed by atoms with Crippen LogP contribution in [-0.2, 0) is 11.2 Å². The van der Waals surface area contributed by atoms with Gasteiger partial charge in [-0.2, -0.15) is 5.10 Å². The largest absolute Gasteiger partial charge is 0.307 e. The molecule has 21 heavy (non-hydrogen) atoms. The number of thioether (sulfide) groups is 1. The Morgan fingerprint density at radius 3 is 3.14 bits per heavy atom. The lowest BCUT2D eigenvalue weighted by Gasteiger charge is -2.01. The molecule has 0 atom stereocenters. The number of hydrogen-bond acceptors (Lipinski definition) is 4. The lowest BCUT2D eigenvalue weighted by Crippen LogP contribution is -2.17. The summed E-state index contributed by atoms with van der Waals surface area (Å²) in [6.45, 7) is 0. The summed E-state index contributed by atoms with van der Waals surface area (Å²) in [4.78, 5) is 12.3. The predicted molar refractivity (Wildman–Crippen MR) is 89.6 cm³/mol. The van der Waals surface area contributed by atoms with Crippen molar-refractivity contribution in [1.29, 1.82) is 0 Å². The number of hydrogen-bond donors (Lipinski definition) is 2. The Kier molecular flexibility index (Phi) is 4.17. The smallest absolute Gasteiger partial charge is 0.263 e. The number of aromatic nitrogens is 2. The third-order valence-corrected chi connectivity index (χ3v) is 4.35. The van der Waals surface area contributed by atoms with Gasteiger partial charge in [-0.05, 0) is 18.4 Å². The van der Waals surface area contributed by atoms with Gasteiger partial charge in [0.15, 0.2) is 0 Å². The van der Waals surface area contributed by atoms with Gasteiger partial charge in [0.05, 0.1) is 16.8 Å². The van der Waals surface area contributed by atoms with E-state index in [1.54, 1.807) is 6.20 Å². The van der Waals surface area contributed by atoms with E-state index in [1.807, 2.05) is 12.2 Å². The number of rotatable bonds is 3. The molecular weight excluding hydrogens is 302 g/mol. The molecule has 2 N–H and O–H groups in total. The van der Waals surface area contributed by atoms with Gasteiger partial charge in [-0.3, -0.25) is 9.89 Å². The van der Waals surface area contributed by atoms with Crippen molar-refractivity contribution in [3.63, 3.8) is 0 Å². The number of nitrogens with zero attached hydrogens (tertiary/aromatic N) is 1. The minimum atomic E-state index is -0.119. The van der Waals surface area contributed by atoms with Crippen molar-refractivity contribution in [2.24, 2.45) is 0 Å². The first kappa shape index (κ1) is 14.0. The summed E-state index contributed by atoms with van der Waals surface area (Å²) in [6, 6.07) is 0. The van der Waals surface area contributed by atoms with Crippen LogP contribution < -0.4 is 5.32 Å². The monoisotopic (exact) mass is 315 g/mol. The molecule has 0 radical (unpaired) electrons. The molecule has 0 spiro atoms. The summed E-state index contributed by atoms with van der Waals surface area (Å²) in [7, 11) is 0. The minimum absolute atomic E-state index is 0.119. The second-order valence-corrected chi connectivity index (χ2v) is 6.29. The molecule has 1 aliphatic carbocycles. The van der Waals surface area contributed by atoms with Crippen molar-refractivity contribution in [3.05, 3.63) is 58.8 Å². The second-order valence-electron chi connectivity index (χ2n) is 4.57. The van der Waals surface area contributed by atoms with Crippen LogP contribution in [0.3, 0.4) is 0 Å². The number of carbonyl (C=O) groups excluding carboxylic acids is 1. The van der Waals surface area contributed by atoms with Crippen LogP contribution in [0.4, 0.5) is 0 Å². The van der Waals surface area contributed by atoms with E-state index in [1.165, 1.54) is 11.8 Å². The quantitative estimate of drug-likeness (QED) is 0.665. The van der Waals surface area contributed by atoms with Crippen molar-refractivity contribution in [2.75, 3.05) is 0 Å². The van der Waals surface area contributed by atoms with E-state index in [4.69, 9.17) is 12.2 Å². The number of nitrogens with one attached hydrogen (secondary N) is 2. The molecule has 1 aromatic heterocycles. The Bertz CT molecular complexity index is 710. The van der Waals surface area contributed by atoms with E-state index >= 15 is 0 Å². The van der Waals surface area contributed by atoms with E-state index in [0.717, 1.165) is 23.3 Å². The fourth-order valence-corrected chi connectivity index (χ4v) is 3.14. The Morgan fingerprint density at radius 1 is 1.43 bits per heavy atom. The maximum Gasteiger partial charge on any atom is 0.263 e. The topological polar surface area (TPSA) is 57.8 Å². The molecule has 6 heteroatoms. The zero-order valence-corrected chi connectivity index (χ0v) is 12.8. The summed E-state index contributed by atoms with van der Waals surface area (Å²) < 4.78 is 0.512. The molecule has 106 valence electrons. The van der Waals surface area contributed by atoms with Gasteiger partial charge in [0.2, 0.25) is 0 Å². The molecular formula is C15H13N3OS2. The van der Waals surface area contributed by atoms with Gasteiger partial charge in [-0.1, -0.05) is 60.4 Å². The van der Waals surface area contributed by atoms with Crippen LogP contribution >= 0.6 is 24.0 Å². The SMILES string of the molecule is O=C1NC(=S)S/C1=C\Cc1cn[nH]c1C1=CC=CCC=C1. The predicted octanol–water partition coefficient (Wildman–Crippen LogP) is 2.88. The first-order valence-electron chi connectivity index (χ1n) is 6.53. The molecule has 0 unspecified atom stereocenters. The summed E-state index contributed by atoms with van der Waals surface area (Å²) >= 11 is 6.28. The maximum absolute atomic E-state index is 11.6. The molecule has 2 aliphatic rings. The summed E-state index contributed by atoms with van der Waals surface area (Å²) in [5.41, 5.74) is 3.13. The van der Waals surface area contributed by atoms with Gasteiger partial charge in [-0.25, -0.2) is 0 Å². The lowest BCUT2D eigenvalue weighted by atomic mass is 10.1. The van der Waals surface area contributed by atoms with Crippen LogP contribution in [0.15, 0.2) is 47.6 Å². The zero-order valence-electron chi connectivity index (χ0n) is 11.1. The van der Waals surface area contributed by atoms with E-state index in [2.05, 4.69) is 39.8 Å². The molecule has 1 aliphatic heterocycles. The number of aromatic amines is 1. The highest BCUT2D eigenvalue weighted by molar-refractivity contribution is 8.26. The van der Waals surface area contributed by atoms with Crippen LogP contribution in [0.1, 0.15) is 17.7 Å². The fraction of sp³-hybridized carbons (Fsp3) is 0.133. The van der Waals surface area contributed by atoms with Gasteiger partial charge in [0.25, 0.3) is 5.91 Å². The maximum atomic E-state index is 11.6. The minimum Gasteiger partial charge on any atom is -0.307 e. The van der Waals surface area contributed by atoms with Crippen molar-refractivity contribution < 1.29 is 4.79 Å². The number of thiocarbonyl (C=S) groups is 1. The van der Waals surface area contributed by atoms with Crippen molar-refractivity contribution in [1.82, 2.24) is 15.5 Å². The van der Waals surface area contributed by atoms with Gasteiger partial charge in [0.1, 0.15) is 4.32 Å². The summed E-state index contributed by atoms with van der Waals surface area (Å²) in [5.74, 6) is -0.119. The molecule has 1 saturated heterocycles. The molecule has 2 heterocycles. The van der Waals surface area contributed by atoms with Crippen molar-refractivity contribution in [3.8, 4) is 0 Å². The average molecular weight is 315 g/mol. The Hall–Kier alpha value is -1.92. The van der Waals surface area contributed by atoms with Crippen LogP contribution in [0, 0.1) is 0 Å². The van der Waals surface area contributed by atoms with E-state index in [9.17, 15) is 4.79 Å². The third-order valence-electron chi connectivity index (χ3n) is 3.14. The highest BCUT2D eigenvalue weighted by Crippen LogP contribution is 2.25. The standard InChI is InChI=1S/C15H13N3OS2/c19-14-12(21-15(20)17-14)8-7-11-9-16-18-13(11)10-5-3-1-2-4-6-10/h1,3-6,8-9H,2,7H2,(H,16,18)(H,17,19,20)/b12-8-. The summed E-state index contributed by atoms with van der Waals surface area (Å²) in [5, 5.41) is 9.77. The van der Waals surface area contributed by atoms with Crippen LogP contribution in [-0.4, -0.2) is 20.4 Å². The Balaban J connectivity index is 1.82. The molecule has 1 fully saturated rings. The second kappa shape index (κ2) is 6.24. The van der Waals surface area contributed by atoms with Gasteiger partial charge < -0.3 is 5.32 Å². The fourth-order valence-electron chi connectivity index (χ4n) is 2.12. The Morgan fingerprint density at radius 2 is 2.33 bits per heavy atom. The van der Waals surface area contributed by atoms with Crippen molar-refractivity contribution >= 4 is 39.8 Å².